The van der Waals surface area contributed by atoms with Crippen molar-refractivity contribution < 1.29 is 18.2 Å². The summed E-state index contributed by atoms with van der Waals surface area (Å²) in [5, 5.41) is 0. The summed E-state index contributed by atoms with van der Waals surface area (Å²) in [7, 11) is 0. The second-order valence-corrected chi connectivity index (χ2v) is 15.3. The molecule has 0 spiro atoms. The Balaban J connectivity index is 1.53. The first-order valence-corrected chi connectivity index (χ1v) is 14.6. The number of halogens is 1. The molecule has 4 rings (SSSR count). The molecule has 8 atom stereocenters. The zero-order chi connectivity index (χ0) is 22.6. The van der Waals surface area contributed by atoms with E-state index in [9.17, 15) is 4.79 Å². The van der Waals surface area contributed by atoms with E-state index < -0.39 is 36.0 Å². The Morgan fingerprint density at radius 1 is 1.61 bits per heavy atom. The number of alkyl halides is 1. The molecule has 0 radical (unpaired) electrons. The number of allylic oxidation sites excluding steroid dienone is 1. The molecule has 3 heterocycles. The molecule has 1 aliphatic carbocycles. The van der Waals surface area contributed by atoms with Crippen LogP contribution >= 0.6 is 17.1 Å². The van der Waals surface area contributed by atoms with E-state index in [1.807, 2.05) is 13.8 Å². The predicted molar refractivity (Wildman–Crippen MR) is 124 cm³/mol. The van der Waals surface area contributed by atoms with Crippen molar-refractivity contribution in [3.8, 4) is 0 Å². The molecule has 0 unspecified atom stereocenters. The molecule has 2 aliphatic heterocycles. The number of hydrogen-bond acceptors (Lipinski definition) is 8. The number of nitrogens with two attached hydrogens (primary N) is 1. The van der Waals surface area contributed by atoms with Crippen LogP contribution in [0.3, 0.4) is 0 Å². The summed E-state index contributed by atoms with van der Waals surface area (Å²) in [6.45, 7) is 10.2. The van der Waals surface area contributed by atoms with Crippen LogP contribution in [0.1, 0.15) is 52.7 Å². The lowest BCUT2D eigenvalue weighted by molar-refractivity contribution is -0.0267. The van der Waals surface area contributed by atoms with Gasteiger partial charge in [0, 0.05) is 10.9 Å². The van der Waals surface area contributed by atoms with Crippen LogP contribution < -0.4 is 11.4 Å². The summed E-state index contributed by atoms with van der Waals surface area (Å²) in [5.41, 5.74) is 3.24. The number of nitrogen functional groups attached to an aromatic ring is 1. The molecule has 2 N–H and O–H groups in total. The topological polar surface area (TPSA) is 88.6 Å². The lowest BCUT2D eigenvalue weighted by Crippen LogP contribution is -2.39. The number of aromatic nitrogens is 2. The van der Waals surface area contributed by atoms with Crippen LogP contribution in [0.4, 0.5) is 10.2 Å². The minimum Gasteiger partial charge on any atom is -0.383 e. The predicted octanol–water partition coefficient (Wildman–Crippen LogP) is 4.35. The van der Waals surface area contributed by atoms with E-state index >= 15 is 4.39 Å². The molecule has 1 aromatic rings. The molecule has 3 aliphatic rings. The Bertz CT molecular complexity index is 978. The molecule has 11 heteroatoms. The van der Waals surface area contributed by atoms with Crippen LogP contribution in [0, 0.1) is 5.92 Å². The molecule has 1 aromatic heterocycles. The van der Waals surface area contributed by atoms with E-state index in [4.69, 9.17) is 31.3 Å². The third kappa shape index (κ3) is 4.39. The maximum atomic E-state index is 15.5. The molecular weight excluding hydrogens is 460 g/mol. The highest BCUT2D eigenvalue weighted by Crippen LogP contribution is 2.76. The lowest BCUT2D eigenvalue weighted by Gasteiger charge is -2.37. The van der Waals surface area contributed by atoms with Crippen molar-refractivity contribution in [2.75, 3.05) is 5.73 Å². The van der Waals surface area contributed by atoms with Crippen LogP contribution in [-0.4, -0.2) is 38.8 Å². The zero-order valence-electron chi connectivity index (χ0n) is 17.9. The van der Waals surface area contributed by atoms with Crippen LogP contribution in [0.25, 0.3) is 0 Å². The summed E-state index contributed by atoms with van der Waals surface area (Å²) in [4.78, 5) is 15.9. The number of anilines is 1. The molecule has 2 saturated heterocycles. The van der Waals surface area contributed by atoms with Gasteiger partial charge in [-0.15, -0.1) is 0 Å². The maximum absolute atomic E-state index is 15.5. The summed E-state index contributed by atoms with van der Waals surface area (Å²) in [6.07, 6.45) is 0.511. The Morgan fingerprint density at radius 2 is 2.35 bits per heavy atom. The molecule has 1 saturated carbocycles. The molecular formula is C20H29FN3O4PS2. The second-order valence-electron chi connectivity index (χ2n) is 8.79. The van der Waals surface area contributed by atoms with Gasteiger partial charge in [-0.25, -0.2) is 9.18 Å². The zero-order valence-corrected chi connectivity index (χ0v) is 20.4. The number of fused-ring (bicyclic) bond motifs is 1. The fourth-order valence-electron chi connectivity index (χ4n) is 4.57. The lowest BCUT2D eigenvalue weighted by atomic mass is 9.77. The van der Waals surface area contributed by atoms with Gasteiger partial charge in [0.1, 0.15) is 11.9 Å². The molecule has 7 nitrogen and oxygen atoms in total. The van der Waals surface area contributed by atoms with Crippen molar-refractivity contribution in [1.82, 2.24) is 9.55 Å². The summed E-state index contributed by atoms with van der Waals surface area (Å²) in [6, 6.07) is 1.44. The van der Waals surface area contributed by atoms with Gasteiger partial charge in [0.15, 0.2) is 12.4 Å². The molecule has 31 heavy (non-hydrogen) atoms. The molecule has 0 bridgehead atoms. The van der Waals surface area contributed by atoms with E-state index in [2.05, 4.69) is 18.5 Å². The van der Waals surface area contributed by atoms with Gasteiger partial charge in [0.2, 0.25) is 5.69 Å². The van der Waals surface area contributed by atoms with E-state index in [-0.39, 0.29) is 16.7 Å². The van der Waals surface area contributed by atoms with Gasteiger partial charge in [-0.05, 0) is 63.3 Å². The van der Waals surface area contributed by atoms with Crippen LogP contribution in [-0.2, 0) is 25.6 Å². The Morgan fingerprint density at radius 3 is 3.00 bits per heavy atom. The van der Waals surface area contributed by atoms with Gasteiger partial charge in [-0.3, -0.25) is 4.57 Å². The van der Waals surface area contributed by atoms with E-state index in [1.54, 1.807) is 11.4 Å². The third-order valence-corrected chi connectivity index (χ3v) is 12.2. The van der Waals surface area contributed by atoms with Crippen molar-refractivity contribution in [2.24, 2.45) is 5.92 Å². The SMILES string of the molecule is C=C(C)[C@H]1CC[C@@]2(C)S[P@](=S)(O[C@H]3[C@@H](F)[C@H](n4ccc(N)nc4=O)O[C@@H]3CC)O[C@@H]2C1. The van der Waals surface area contributed by atoms with Gasteiger partial charge in [0.05, 0.1) is 12.2 Å². The highest BCUT2D eigenvalue weighted by molar-refractivity contribution is 8.68. The van der Waals surface area contributed by atoms with E-state index in [0.717, 1.165) is 29.4 Å². The fraction of sp³-hybridized carbons (Fsp3) is 0.700. The Kier molecular flexibility index (Phi) is 6.44. The van der Waals surface area contributed by atoms with E-state index in [1.165, 1.54) is 12.3 Å². The second kappa shape index (κ2) is 8.54. The largest absolute Gasteiger partial charge is 0.383 e. The quantitative estimate of drug-likeness (QED) is 0.483. The minimum absolute atomic E-state index is 0.0426. The number of hydrogen-bond donors (Lipinski definition) is 1. The minimum atomic E-state index is -2.80. The highest BCUT2D eigenvalue weighted by atomic mass is 32.9. The average Bonchev–Trinajstić information content (AvgIpc) is 3.14. The van der Waals surface area contributed by atoms with Crippen molar-refractivity contribution >= 4 is 34.7 Å². The van der Waals surface area contributed by atoms with Crippen molar-refractivity contribution in [2.45, 2.75) is 81.9 Å². The standard InChI is InChI=1S/C20H29FN3O4PS2/c1-5-13-17(16(21)18(26-13)24-9-7-15(22)23-19(24)25)28-29(30)27-14-10-12(11(2)3)6-8-20(14,4)31-29/h7,9,12-14,16-18H,2,5-6,8,10H2,1,3-4H3,(H2,22,23,25)/t12-,13+,14+,16+,17+,18+,20+,29-/m0/s1. The summed E-state index contributed by atoms with van der Waals surface area (Å²) in [5.74, 6) is 0.478. The smallest absolute Gasteiger partial charge is 0.351 e. The van der Waals surface area contributed by atoms with Crippen LogP contribution in [0.2, 0.25) is 0 Å². The third-order valence-electron chi connectivity index (χ3n) is 6.49. The maximum Gasteiger partial charge on any atom is 0.351 e. The first kappa shape index (κ1) is 23.4. The number of nitrogens with zero attached hydrogens (tertiary/aromatic N) is 2. The van der Waals surface area contributed by atoms with Gasteiger partial charge in [-0.2, -0.15) is 4.98 Å². The van der Waals surface area contributed by atoms with E-state index in [0.29, 0.717) is 12.3 Å². The normalized spacial score (nSPS) is 42.5. The average molecular weight is 490 g/mol. The number of rotatable bonds is 5. The number of ether oxygens (including phenoxy) is 1. The Hall–Kier alpha value is -0.770. The van der Waals surface area contributed by atoms with Gasteiger partial charge < -0.3 is 19.5 Å². The molecule has 0 amide bonds. The summed E-state index contributed by atoms with van der Waals surface area (Å²) < 4.78 is 34.9. The summed E-state index contributed by atoms with van der Waals surface area (Å²) >= 11 is 7.38. The van der Waals surface area contributed by atoms with Gasteiger partial charge in [0.25, 0.3) is 0 Å². The van der Waals surface area contributed by atoms with Crippen LogP contribution in [0.15, 0.2) is 29.2 Å². The highest BCUT2D eigenvalue weighted by Gasteiger charge is 2.56. The van der Waals surface area contributed by atoms with Gasteiger partial charge >= 0.3 is 5.69 Å². The monoisotopic (exact) mass is 489 g/mol. The molecule has 3 fully saturated rings. The fourth-order valence-corrected chi connectivity index (χ4v) is 12.1. The first-order valence-electron chi connectivity index (χ1n) is 10.5. The van der Waals surface area contributed by atoms with Crippen molar-refractivity contribution in [1.29, 1.82) is 0 Å². The van der Waals surface area contributed by atoms with Crippen LogP contribution in [0.5, 0.6) is 0 Å². The first-order chi connectivity index (χ1) is 14.5. The van der Waals surface area contributed by atoms with Crippen molar-refractivity contribution in [3.63, 3.8) is 0 Å². The molecule has 0 aromatic carbocycles. The van der Waals surface area contributed by atoms with Gasteiger partial charge in [-0.1, -0.05) is 30.5 Å². The molecule has 172 valence electrons. The Labute approximate surface area is 190 Å². The van der Waals surface area contributed by atoms with Crippen molar-refractivity contribution in [3.05, 3.63) is 34.9 Å².